The fourth-order valence-corrected chi connectivity index (χ4v) is 2.75. The zero-order valence-corrected chi connectivity index (χ0v) is 12.2. The molecule has 0 spiro atoms. The molecule has 5 heteroatoms. The predicted molar refractivity (Wildman–Crippen MR) is 74.0 cm³/mol. The minimum Gasteiger partial charge on any atom is -0.480 e. The molecule has 2 amide bonds. The van der Waals surface area contributed by atoms with Gasteiger partial charge in [0.15, 0.2) is 0 Å². The molecular formula is C14H26N2O3. The molecule has 0 bridgehead atoms. The minimum atomic E-state index is -0.971. The van der Waals surface area contributed by atoms with E-state index in [0.717, 1.165) is 25.7 Å². The van der Waals surface area contributed by atoms with Crippen molar-refractivity contribution in [1.82, 2.24) is 10.6 Å². The second-order valence-electron chi connectivity index (χ2n) is 6.25. The maximum absolute atomic E-state index is 11.8. The number of carbonyl (C=O) groups is 2. The van der Waals surface area contributed by atoms with Crippen LogP contribution >= 0.6 is 0 Å². The van der Waals surface area contributed by atoms with Crippen LogP contribution in [0.25, 0.3) is 0 Å². The Morgan fingerprint density at radius 1 is 1.42 bits per heavy atom. The van der Waals surface area contributed by atoms with Crippen molar-refractivity contribution < 1.29 is 14.7 Å². The van der Waals surface area contributed by atoms with E-state index in [-0.39, 0.29) is 17.5 Å². The van der Waals surface area contributed by atoms with Gasteiger partial charge in [-0.15, -0.1) is 0 Å². The summed E-state index contributed by atoms with van der Waals surface area (Å²) in [5, 5.41) is 14.4. The molecule has 0 saturated heterocycles. The summed E-state index contributed by atoms with van der Waals surface area (Å²) in [5.74, 6) is -0.971. The van der Waals surface area contributed by atoms with E-state index >= 15 is 0 Å². The maximum atomic E-state index is 11.8. The summed E-state index contributed by atoms with van der Waals surface area (Å²) in [6.45, 7) is 6.31. The van der Waals surface area contributed by atoms with Gasteiger partial charge in [-0.1, -0.05) is 33.6 Å². The van der Waals surface area contributed by atoms with Crippen molar-refractivity contribution in [3.63, 3.8) is 0 Å². The van der Waals surface area contributed by atoms with Gasteiger partial charge in [0, 0.05) is 6.04 Å². The monoisotopic (exact) mass is 270 g/mol. The van der Waals surface area contributed by atoms with E-state index in [1.165, 1.54) is 6.42 Å². The Bertz CT molecular complexity index is 329. The molecule has 5 nitrogen and oxygen atoms in total. The SMILES string of the molecule is CCC[C@H](NC(=O)NC1CCCC(C)(C)C1)C(=O)O. The first-order valence-corrected chi connectivity index (χ1v) is 7.14. The standard InChI is InChI=1S/C14H26N2O3/c1-4-6-11(12(17)18)16-13(19)15-10-7-5-8-14(2,3)9-10/h10-11H,4-9H2,1-3H3,(H,17,18)(H2,15,16,19)/t10?,11-/m0/s1. The van der Waals surface area contributed by atoms with Crippen LogP contribution in [0, 0.1) is 5.41 Å². The number of hydrogen-bond donors (Lipinski definition) is 3. The Balaban J connectivity index is 2.43. The lowest BCUT2D eigenvalue weighted by Gasteiger charge is -2.35. The Hall–Kier alpha value is -1.26. The highest BCUT2D eigenvalue weighted by molar-refractivity contribution is 5.82. The van der Waals surface area contributed by atoms with Crippen molar-refractivity contribution in [3.05, 3.63) is 0 Å². The van der Waals surface area contributed by atoms with Gasteiger partial charge in [0.2, 0.25) is 0 Å². The number of aliphatic carboxylic acids is 1. The largest absolute Gasteiger partial charge is 0.480 e. The third-order valence-electron chi connectivity index (χ3n) is 3.72. The van der Waals surface area contributed by atoms with Crippen LogP contribution in [0.4, 0.5) is 4.79 Å². The van der Waals surface area contributed by atoms with E-state index in [4.69, 9.17) is 5.11 Å². The molecule has 0 aliphatic heterocycles. The molecule has 0 aromatic heterocycles. The average molecular weight is 270 g/mol. The van der Waals surface area contributed by atoms with Crippen LogP contribution in [0.1, 0.15) is 59.3 Å². The summed E-state index contributed by atoms with van der Waals surface area (Å²) in [5.41, 5.74) is 0.256. The van der Waals surface area contributed by atoms with Crippen LogP contribution in [-0.4, -0.2) is 29.2 Å². The third kappa shape index (κ3) is 5.49. The fraction of sp³-hybridized carbons (Fsp3) is 0.857. The van der Waals surface area contributed by atoms with Gasteiger partial charge in [0.25, 0.3) is 0 Å². The van der Waals surface area contributed by atoms with Gasteiger partial charge in [-0.2, -0.15) is 0 Å². The summed E-state index contributed by atoms with van der Waals surface area (Å²) in [4.78, 5) is 22.8. The van der Waals surface area contributed by atoms with E-state index in [1.54, 1.807) is 0 Å². The first-order valence-electron chi connectivity index (χ1n) is 7.14. The van der Waals surface area contributed by atoms with Crippen molar-refractivity contribution in [2.45, 2.75) is 71.4 Å². The Morgan fingerprint density at radius 2 is 2.11 bits per heavy atom. The van der Waals surface area contributed by atoms with Crippen molar-refractivity contribution in [1.29, 1.82) is 0 Å². The molecule has 1 aliphatic carbocycles. The average Bonchev–Trinajstić information content (AvgIpc) is 2.26. The van der Waals surface area contributed by atoms with Gasteiger partial charge in [0.1, 0.15) is 6.04 Å². The van der Waals surface area contributed by atoms with Crippen molar-refractivity contribution in [2.24, 2.45) is 5.41 Å². The van der Waals surface area contributed by atoms with Crippen LogP contribution in [0.5, 0.6) is 0 Å². The Kier molecular flexibility index (Phi) is 5.63. The molecule has 3 N–H and O–H groups in total. The van der Waals surface area contributed by atoms with E-state index in [0.29, 0.717) is 6.42 Å². The molecular weight excluding hydrogens is 244 g/mol. The number of urea groups is 1. The molecule has 1 fully saturated rings. The van der Waals surface area contributed by atoms with E-state index in [1.807, 2.05) is 6.92 Å². The lowest BCUT2D eigenvalue weighted by molar-refractivity contribution is -0.139. The molecule has 1 rings (SSSR count). The number of hydrogen-bond acceptors (Lipinski definition) is 2. The summed E-state index contributed by atoms with van der Waals surface area (Å²) >= 11 is 0. The van der Waals surface area contributed by atoms with Gasteiger partial charge < -0.3 is 15.7 Å². The van der Waals surface area contributed by atoms with Gasteiger partial charge in [-0.05, 0) is 31.1 Å². The summed E-state index contributed by atoms with van der Waals surface area (Å²) in [6.07, 6.45) is 5.40. The predicted octanol–water partition coefficient (Wildman–Crippen LogP) is 2.51. The van der Waals surface area contributed by atoms with E-state index in [9.17, 15) is 9.59 Å². The van der Waals surface area contributed by atoms with Crippen LogP contribution in [0.3, 0.4) is 0 Å². The van der Waals surface area contributed by atoms with Gasteiger partial charge in [-0.3, -0.25) is 0 Å². The smallest absolute Gasteiger partial charge is 0.326 e. The fourth-order valence-electron chi connectivity index (χ4n) is 2.75. The number of carboxylic acid groups (broad SMARTS) is 1. The zero-order chi connectivity index (χ0) is 14.5. The number of carbonyl (C=O) groups excluding carboxylic acids is 1. The lowest BCUT2D eigenvalue weighted by Crippen LogP contribution is -2.50. The first kappa shape index (κ1) is 15.8. The van der Waals surface area contributed by atoms with E-state index in [2.05, 4.69) is 24.5 Å². The lowest BCUT2D eigenvalue weighted by atomic mass is 9.75. The van der Waals surface area contributed by atoms with Crippen LogP contribution < -0.4 is 10.6 Å². The number of nitrogens with one attached hydrogen (secondary N) is 2. The second kappa shape index (κ2) is 6.78. The van der Waals surface area contributed by atoms with Crippen LogP contribution in [0.2, 0.25) is 0 Å². The summed E-state index contributed by atoms with van der Waals surface area (Å²) in [7, 11) is 0. The van der Waals surface area contributed by atoms with Gasteiger partial charge in [0.05, 0.1) is 0 Å². The maximum Gasteiger partial charge on any atom is 0.326 e. The van der Waals surface area contributed by atoms with Crippen molar-refractivity contribution >= 4 is 12.0 Å². The molecule has 1 saturated carbocycles. The van der Waals surface area contributed by atoms with Crippen molar-refractivity contribution in [3.8, 4) is 0 Å². The quantitative estimate of drug-likeness (QED) is 0.718. The van der Waals surface area contributed by atoms with Gasteiger partial charge in [-0.25, -0.2) is 9.59 Å². The molecule has 19 heavy (non-hydrogen) atoms. The summed E-state index contributed by atoms with van der Waals surface area (Å²) < 4.78 is 0. The van der Waals surface area contributed by atoms with Crippen LogP contribution in [-0.2, 0) is 4.79 Å². The second-order valence-corrected chi connectivity index (χ2v) is 6.25. The summed E-state index contributed by atoms with van der Waals surface area (Å²) in [6, 6.07) is -0.995. The molecule has 0 heterocycles. The highest BCUT2D eigenvalue weighted by Gasteiger charge is 2.29. The Labute approximate surface area is 115 Å². The normalized spacial score (nSPS) is 23.4. The van der Waals surface area contributed by atoms with Gasteiger partial charge >= 0.3 is 12.0 Å². The highest BCUT2D eigenvalue weighted by Crippen LogP contribution is 2.34. The molecule has 2 atom stereocenters. The molecule has 110 valence electrons. The van der Waals surface area contributed by atoms with E-state index < -0.39 is 12.0 Å². The molecule has 0 aromatic rings. The first-order chi connectivity index (χ1) is 8.84. The Morgan fingerprint density at radius 3 is 2.63 bits per heavy atom. The number of rotatable bonds is 5. The minimum absolute atomic E-state index is 0.153. The topological polar surface area (TPSA) is 78.4 Å². The third-order valence-corrected chi connectivity index (χ3v) is 3.72. The molecule has 1 aliphatic rings. The number of amides is 2. The molecule has 0 radical (unpaired) electrons. The number of carboxylic acids is 1. The highest BCUT2D eigenvalue weighted by atomic mass is 16.4. The molecule has 0 aromatic carbocycles. The zero-order valence-electron chi connectivity index (χ0n) is 12.2. The van der Waals surface area contributed by atoms with Crippen LogP contribution in [0.15, 0.2) is 0 Å². The van der Waals surface area contributed by atoms with Crippen molar-refractivity contribution in [2.75, 3.05) is 0 Å². The molecule has 1 unspecified atom stereocenters.